The largest absolute Gasteiger partial charge is 0.390 e. The molecule has 1 fully saturated rings. The lowest BCUT2D eigenvalue weighted by Gasteiger charge is -2.43. The summed E-state index contributed by atoms with van der Waals surface area (Å²) in [6.45, 7) is 6.24. The standard InChI is InChI=1S/C13H21F3N2O2/c1-8(2)7-9-10(19)17-12(3,4)11(20)18(9)6-5-13(14,15)16/h8-9H,5-7H2,1-4H3,(H,17,19). The Morgan fingerprint density at radius 2 is 1.85 bits per heavy atom. The van der Waals surface area contributed by atoms with Gasteiger partial charge in [-0.2, -0.15) is 13.2 Å². The molecule has 0 aromatic heterocycles. The van der Waals surface area contributed by atoms with Crippen molar-refractivity contribution in [3.8, 4) is 0 Å². The highest BCUT2D eigenvalue weighted by molar-refractivity contribution is 5.99. The minimum Gasteiger partial charge on any atom is -0.340 e. The lowest BCUT2D eigenvalue weighted by Crippen LogP contribution is -2.68. The molecule has 1 heterocycles. The third-order valence-electron chi connectivity index (χ3n) is 3.24. The molecule has 1 rings (SSSR count). The van der Waals surface area contributed by atoms with Crippen molar-refractivity contribution in [1.82, 2.24) is 10.2 Å². The fraction of sp³-hybridized carbons (Fsp3) is 0.846. The molecule has 0 bridgehead atoms. The van der Waals surface area contributed by atoms with E-state index in [1.807, 2.05) is 13.8 Å². The van der Waals surface area contributed by atoms with E-state index in [4.69, 9.17) is 0 Å². The number of nitrogens with one attached hydrogen (secondary N) is 1. The first-order valence-electron chi connectivity index (χ1n) is 6.64. The lowest BCUT2D eigenvalue weighted by atomic mass is 9.92. The monoisotopic (exact) mass is 294 g/mol. The molecule has 116 valence electrons. The van der Waals surface area contributed by atoms with Gasteiger partial charge in [0.2, 0.25) is 11.8 Å². The number of rotatable bonds is 4. The lowest BCUT2D eigenvalue weighted by molar-refractivity contribution is -0.161. The molecule has 0 spiro atoms. The summed E-state index contributed by atoms with van der Waals surface area (Å²) >= 11 is 0. The molecule has 1 unspecified atom stereocenters. The molecule has 0 radical (unpaired) electrons. The van der Waals surface area contributed by atoms with E-state index in [0.717, 1.165) is 4.90 Å². The predicted octanol–water partition coefficient (Wildman–Crippen LogP) is 2.09. The van der Waals surface area contributed by atoms with Gasteiger partial charge in [0.25, 0.3) is 0 Å². The molecule has 0 aromatic rings. The van der Waals surface area contributed by atoms with Gasteiger partial charge in [-0.3, -0.25) is 9.59 Å². The van der Waals surface area contributed by atoms with E-state index in [2.05, 4.69) is 5.32 Å². The molecule has 0 aliphatic carbocycles. The van der Waals surface area contributed by atoms with Gasteiger partial charge < -0.3 is 10.2 Å². The molecule has 20 heavy (non-hydrogen) atoms. The van der Waals surface area contributed by atoms with Gasteiger partial charge in [0.15, 0.2) is 0 Å². The Morgan fingerprint density at radius 1 is 1.30 bits per heavy atom. The normalized spacial score (nSPS) is 23.2. The molecule has 2 amide bonds. The molecule has 1 saturated heterocycles. The van der Waals surface area contributed by atoms with Crippen molar-refractivity contribution in [2.24, 2.45) is 5.92 Å². The summed E-state index contributed by atoms with van der Waals surface area (Å²) in [6.07, 6.45) is -5.09. The second-order valence-electron chi connectivity index (χ2n) is 6.12. The van der Waals surface area contributed by atoms with Gasteiger partial charge in [-0.1, -0.05) is 13.8 Å². The number of carbonyl (C=O) groups excluding carboxylic acids is 2. The first-order chi connectivity index (χ1) is 8.94. The summed E-state index contributed by atoms with van der Waals surface area (Å²) in [4.78, 5) is 25.4. The van der Waals surface area contributed by atoms with Crippen molar-refractivity contribution in [3.05, 3.63) is 0 Å². The van der Waals surface area contributed by atoms with Crippen LogP contribution in [-0.4, -0.2) is 41.0 Å². The van der Waals surface area contributed by atoms with Crippen LogP contribution in [0.1, 0.15) is 40.5 Å². The molecule has 7 heteroatoms. The summed E-state index contributed by atoms with van der Waals surface area (Å²) < 4.78 is 37.1. The fourth-order valence-corrected chi connectivity index (χ4v) is 2.27. The second kappa shape index (κ2) is 5.61. The first kappa shape index (κ1) is 16.8. The number of nitrogens with zero attached hydrogens (tertiary/aromatic N) is 1. The molecule has 1 aliphatic rings. The van der Waals surface area contributed by atoms with Gasteiger partial charge in [-0.25, -0.2) is 0 Å². The fourth-order valence-electron chi connectivity index (χ4n) is 2.27. The van der Waals surface area contributed by atoms with Crippen LogP contribution in [0.2, 0.25) is 0 Å². The highest BCUT2D eigenvalue weighted by Gasteiger charge is 2.46. The molecular weight excluding hydrogens is 273 g/mol. The molecular formula is C13H21F3N2O2. The van der Waals surface area contributed by atoms with E-state index in [1.165, 1.54) is 13.8 Å². The Hall–Kier alpha value is -1.27. The van der Waals surface area contributed by atoms with Crippen molar-refractivity contribution in [1.29, 1.82) is 0 Å². The van der Waals surface area contributed by atoms with Gasteiger partial charge in [0.05, 0.1) is 6.42 Å². The summed E-state index contributed by atoms with van der Waals surface area (Å²) in [5, 5.41) is 2.58. The summed E-state index contributed by atoms with van der Waals surface area (Å²) in [5.74, 6) is -0.745. The number of hydrogen-bond donors (Lipinski definition) is 1. The Labute approximate surface area is 116 Å². The molecule has 0 saturated carbocycles. The van der Waals surface area contributed by atoms with E-state index in [-0.39, 0.29) is 11.8 Å². The highest BCUT2D eigenvalue weighted by atomic mass is 19.4. The Bertz CT molecular complexity index is 392. The summed E-state index contributed by atoms with van der Waals surface area (Å²) in [7, 11) is 0. The van der Waals surface area contributed by atoms with Gasteiger partial charge in [-0.05, 0) is 26.2 Å². The molecule has 1 atom stereocenters. The van der Waals surface area contributed by atoms with Crippen LogP contribution >= 0.6 is 0 Å². The third kappa shape index (κ3) is 4.11. The van der Waals surface area contributed by atoms with Gasteiger partial charge >= 0.3 is 6.18 Å². The zero-order chi connectivity index (χ0) is 15.7. The van der Waals surface area contributed by atoms with Crippen molar-refractivity contribution >= 4 is 11.8 Å². The van der Waals surface area contributed by atoms with Crippen LogP contribution in [-0.2, 0) is 9.59 Å². The minimum atomic E-state index is -4.35. The maximum Gasteiger partial charge on any atom is 0.390 e. The van der Waals surface area contributed by atoms with Crippen LogP contribution in [0.3, 0.4) is 0 Å². The number of alkyl halides is 3. The van der Waals surface area contributed by atoms with Gasteiger partial charge in [0, 0.05) is 6.54 Å². The number of piperazine rings is 1. The van der Waals surface area contributed by atoms with Gasteiger partial charge in [-0.15, -0.1) is 0 Å². The predicted molar refractivity (Wildman–Crippen MR) is 67.8 cm³/mol. The van der Waals surface area contributed by atoms with Crippen molar-refractivity contribution < 1.29 is 22.8 Å². The molecule has 1 aliphatic heterocycles. The average Bonchev–Trinajstić information content (AvgIpc) is 2.23. The van der Waals surface area contributed by atoms with E-state index in [0.29, 0.717) is 6.42 Å². The molecule has 4 nitrogen and oxygen atoms in total. The van der Waals surface area contributed by atoms with E-state index >= 15 is 0 Å². The van der Waals surface area contributed by atoms with E-state index in [9.17, 15) is 22.8 Å². The quantitative estimate of drug-likeness (QED) is 0.863. The van der Waals surface area contributed by atoms with E-state index < -0.39 is 36.6 Å². The van der Waals surface area contributed by atoms with Gasteiger partial charge in [0.1, 0.15) is 11.6 Å². The SMILES string of the molecule is CC(C)CC1C(=O)NC(C)(C)C(=O)N1CCC(F)(F)F. The summed E-state index contributed by atoms with van der Waals surface area (Å²) in [6, 6.07) is -0.821. The zero-order valence-electron chi connectivity index (χ0n) is 12.2. The van der Waals surface area contributed by atoms with Crippen LogP contribution in [0, 0.1) is 5.92 Å². The minimum absolute atomic E-state index is 0.105. The van der Waals surface area contributed by atoms with Crippen LogP contribution in [0.15, 0.2) is 0 Å². The summed E-state index contributed by atoms with van der Waals surface area (Å²) in [5.41, 5.74) is -1.16. The van der Waals surface area contributed by atoms with Crippen molar-refractivity contribution in [3.63, 3.8) is 0 Å². The van der Waals surface area contributed by atoms with Crippen LogP contribution in [0.25, 0.3) is 0 Å². The maximum absolute atomic E-state index is 12.4. The van der Waals surface area contributed by atoms with E-state index in [1.54, 1.807) is 0 Å². The third-order valence-corrected chi connectivity index (χ3v) is 3.24. The Balaban J connectivity index is 2.94. The van der Waals surface area contributed by atoms with Crippen LogP contribution in [0.5, 0.6) is 0 Å². The molecule has 1 N–H and O–H groups in total. The topological polar surface area (TPSA) is 49.4 Å². The number of carbonyl (C=O) groups is 2. The number of amides is 2. The maximum atomic E-state index is 12.4. The molecule has 0 aromatic carbocycles. The van der Waals surface area contributed by atoms with Crippen molar-refractivity contribution in [2.45, 2.75) is 58.3 Å². The Morgan fingerprint density at radius 3 is 2.30 bits per heavy atom. The first-order valence-corrected chi connectivity index (χ1v) is 6.64. The highest BCUT2D eigenvalue weighted by Crippen LogP contribution is 2.26. The smallest absolute Gasteiger partial charge is 0.340 e. The average molecular weight is 294 g/mol. The zero-order valence-corrected chi connectivity index (χ0v) is 12.2. The van der Waals surface area contributed by atoms with Crippen LogP contribution < -0.4 is 5.32 Å². The van der Waals surface area contributed by atoms with Crippen LogP contribution in [0.4, 0.5) is 13.2 Å². The van der Waals surface area contributed by atoms with Crippen molar-refractivity contribution in [2.75, 3.05) is 6.54 Å². The number of hydrogen-bond acceptors (Lipinski definition) is 2. The number of halogens is 3. The Kier molecular flexibility index (Phi) is 4.71. The second-order valence-corrected chi connectivity index (χ2v) is 6.12.